The molecule has 2 aromatic heterocycles. The second-order valence-corrected chi connectivity index (χ2v) is 3.52. The van der Waals surface area contributed by atoms with E-state index in [4.69, 9.17) is 0 Å². The van der Waals surface area contributed by atoms with Crippen molar-refractivity contribution >= 4 is 25.6 Å². The van der Waals surface area contributed by atoms with Gasteiger partial charge in [0.15, 0.2) is 11.2 Å². The van der Waals surface area contributed by atoms with E-state index in [1.807, 2.05) is 6.66 Å². The molecule has 0 aromatic carbocycles. The summed E-state index contributed by atoms with van der Waals surface area (Å²) in [5.74, 6) is 0. The van der Waals surface area contributed by atoms with Gasteiger partial charge in [-0.1, -0.05) is 0 Å². The maximum Gasteiger partial charge on any atom is 0.314 e. The van der Waals surface area contributed by atoms with Crippen molar-refractivity contribution in [3.8, 4) is 0 Å². The van der Waals surface area contributed by atoms with Gasteiger partial charge >= 0.3 is 5.69 Å². The van der Waals surface area contributed by atoms with Crippen LogP contribution in [-0.4, -0.2) is 25.9 Å². The van der Waals surface area contributed by atoms with Gasteiger partial charge in [0.25, 0.3) is 0 Å². The van der Waals surface area contributed by atoms with Gasteiger partial charge in [0.2, 0.25) is 0 Å². The van der Waals surface area contributed by atoms with Crippen molar-refractivity contribution in [1.29, 1.82) is 0 Å². The number of aromatic nitrogens is 3. The Morgan fingerprint density at radius 2 is 2.21 bits per heavy atom. The molecule has 0 radical (unpaired) electrons. The first-order valence-corrected chi connectivity index (χ1v) is 5.33. The van der Waals surface area contributed by atoms with Crippen LogP contribution in [0.3, 0.4) is 0 Å². The summed E-state index contributed by atoms with van der Waals surface area (Å²) >= 11 is 0. The largest absolute Gasteiger partial charge is 0.314 e. The van der Waals surface area contributed by atoms with Gasteiger partial charge in [0.05, 0.1) is 11.1 Å². The molecule has 0 saturated heterocycles. The van der Waals surface area contributed by atoms with E-state index < -0.39 is 4.92 Å². The van der Waals surface area contributed by atoms with Gasteiger partial charge in [0.1, 0.15) is 0 Å². The maximum absolute atomic E-state index is 10.7. The minimum atomic E-state index is -0.437. The van der Waals surface area contributed by atoms with Crippen LogP contribution in [0.4, 0.5) is 5.69 Å². The quantitative estimate of drug-likeness (QED) is 0.426. The summed E-state index contributed by atoms with van der Waals surface area (Å²) in [5.41, 5.74) is 0.939. The number of hydrogen-bond donors (Lipinski definition) is 0. The van der Waals surface area contributed by atoms with E-state index in [2.05, 4.69) is 9.97 Å². The monoisotopic (exact) mass is 210 g/mol. The minimum Gasteiger partial charge on any atom is -0.306 e. The maximum atomic E-state index is 10.7. The number of fused-ring (bicyclic) bond motifs is 1. The molecule has 14 heavy (non-hydrogen) atoms. The molecule has 0 aliphatic heterocycles. The van der Waals surface area contributed by atoms with E-state index in [-0.39, 0.29) is 5.69 Å². The van der Waals surface area contributed by atoms with Crippen LogP contribution in [0, 0.1) is 10.1 Å². The lowest BCUT2D eigenvalue weighted by Crippen LogP contribution is -1.86. The summed E-state index contributed by atoms with van der Waals surface area (Å²) in [4.78, 5) is 18.2. The van der Waals surface area contributed by atoms with Gasteiger partial charge in [-0.15, -0.1) is 0 Å². The van der Waals surface area contributed by atoms with Crippen molar-refractivity contribution in [2.75, 3.05) is 6.66 Å². The van der Waals surface area contributed by atoms with Crippen molar-refractivity contribution in [3.05, 3.63) is 28.7 Å². The predicted octanol–water partition coefficient (Wildman–Crippen LogP) is 1.41. The standard InChI is InChI=1S/C7H7N4O2P/c1-14-10-4-5(11(12)13)6-7(10)9-3-2-8-6/h2-4,14H,1H3. The molecule has 1 unspecified atom stereocenters. The van der Waals surface area contributed by atoms with Crippen LogP contribution in [0.25, 0.3) is 11.2 Å². The summed E-state index contributed by atoms with van der Waals surface area (Å²) in [6.07, 6.45) is 4.46. The highest BCUT2D eigenvalue weighted by Gasteiger charge is 2.18. The molecule has 0 saturated carbocycles. The molecule has 0 amide bonds. The molecule has 2 heterocycles. The molecule has 6 nitrogen and oxygen atoms in total. The molecular weight excluding hydrogens is 203 g/mol. The zero-order valence-corrected chi connectivity index (χ0v) is 8.34. The van der Waals surface area contributed by atoms with E-state index in [0.29, 0.717) is 19.9 Å². The third kappa shape index (κ3) is 1.24. The average molecular weight is 210 g/mol. The fraction of sp³-hybridized carbons (Fsp3) is 0.143. The van der Waals surface area contributed by atoms with Crippen molar-refractivity contribution in [2.24, 2.45) is 0 Å². The van der Waals surface area contributed by atoms with E-state index in [1.54, 1.807) is 4.34 Å². The molecule has 0 aliphatic carbocycles. The Bertz CT molecular complexity index is 495. The molecule has 7 heteroatoms. The number of rotatable bonds is 2. The Morgan fingerprint density at radius 3 is 2.86 bits per heavy atom. The van der Waals surface area contributed by atoms with Crippen LogP contribution >= 0.6 is 8.73 Å². The molecule has 0 spiro atoms. The van der Waals surface area contributed by atoms with Gasteiger partial charge < -0.3 is 4.34 Å². The highest BCUT2D eigenvalue weighted by Crippen LogP contribution is 2.28. The highest BCUT2D eigenvalue weighted by molar-refractivity contribution is 7.35. The number of hydrogen-bond acceptors (Lipinski definition) is 4. The second kappa shape index (κ2) is 3.31. The molecule has 0 aliphatic rings. The lowest BCUT2D eigenvalue weighted by atomic mass is 10.5. The minimum absolute atomic E-state index is 0.0162. The Labute approximate surface area is 81.0 Å². The Morgan fingerprint density at radius 1 is 1.50 bits per heavy atom. The lowest BCUT2D eigenvalue weighted by Gasteiger charge is -1.94. The Balaban J connectivity index is 2.80. The fourth-order valence-corrected chi connectivity index (χ4v) is 1.86. The molecule has 0 bridgehead atoms. The first-order valence-electron chi connectivity index (χ1n) is 3.88. The van der Waals surface area contributed by atoms with E-state index in [0.717, 1.165) is 0 Å². The van der Waals surface area contributed by atoms with Crippen LogP contribution in [0.5, 0.6) is 0 Å². The molecule has 2 rings (SSSR count). The van der Waals surface area contributed by atoms with E-state index in [1.165, 1.54) is 18.6 Å². The topological polar surface area (TPSA) is 73.8 Å². The van der Waals surface area contributed by atoms with Gasteiger partial charge in [-0.2, -0.15) is 0 Å². The summed E-state index contributed by atoms with van der Waals surface area (Å²) in [7, 11) is 0.407. The van der Waals surface area contributed by atoms with Crippen molar-refractivity contribution in [3.63, 3.8) is 0 Å². The first kappa shape index (κ1) is 9.02. The third-order valence-corrected chi connectivity index (χ3v) is 2.66. The summed E-state index contributed by atoms with van der Waals surface area (Å²) < 4.78 is 1.74. The molecular formula is C7H7N4O2P. The summed E-state index contributed by atoms with van der Waals surface area (Å²) in [5, 5.41) is 10.7. The van der Waals surface area contributed by atoms with E-state index >= 15 is 0 Å². The zero-order valence-electron chi connectivity index (χ0n) is 7.34. The second-order valence-electron chi connectivity index (χ2n) is 2.59. The average Bonchev–Trinajstić information content (AvgIpc) is 2.56. The highest BCUT2D eigenvalue weighted by atomic mass is 31.1. The van der Waals surface area contributed by atoms with Crippen LogP contribution in [0.15, 0.2) is 18.6 Å². The SMILES string of the molecule is CPn1cc([N+](=O)[O-])c2nccnc21. The Hall–Kier alpha value is -1.55. The predicted molar refractivity (Wildman–Crippen MR) is 53.8 cm³/mol. The van der Waals surface area contributed by atoms with Crippen molar-refractivity contribution in [1.82, 2.24) is 14.3 Å². The molecule has 2 aromatic rings. The molecule has 0 N–H and O–H groups in total. The van der Waals surface area contributed by atoms with Crippen LogP contribution in [-0.2, 0) is 0 Å². The summed E-state index contributed by atoms with van der Waals surface area (Å²) in [6.45, 7) is 1.93. The van der Waals surface area contributed by atoms with Crippen LogP contribution in [0.2, 0.25) is 0 Å². The van der Waals surface area contributed by atoms with Crippen LogP contribution in [0.1, 0.15) is 0 Å². The van der Waals surface area contributed by atoms with Crippen LogP contribution < -0.4 is 0 Å². The van der Waals surface area contributed by atoms with Crippen molar-refractivity contribution in [2.45, 2.75) is 0 Å². The number of nitrogens with zero attached hydrogens (tertiary/aromatic N) is 4. The van der Waals surface area contributed by atoms with Gasteiger partial charge in [0, 0.05) is 12.4 Å². The van der Waals surface area contributed by atoms with Gasteiger partial charge in [-0.3, -0.25) is 10.1 Å². The van der Waals surface area contributed by atoms with Crippen molar-refractivity contribution < 1.29 is 4.92 Å². The molecule has 1 atom stereocenters. The molecule has 0 fully saturated rings. The number of nitro groups is 1. The summed E-state index contributed by atoms with van der Waals surface area (Å²) in [6, 6.07) is 0. The van der Waals surface area contributed by atoms with Gasteiger partial charge in [-0.25, -0.2) is 9.97 Å². The molecule has 72 valence electrons. The first-order chi connectivity index (χ1) is 6.74. The lowest BCUT2D eigenvalue weighted by molar-refractivity contribution is -0.383. The fourth-order valence-electron chi connectivity index (χ4n) is 1.24. The smallest absolute Gasteiger partial charge is 0.306 e. The Kier molecular flexibility index (Phi) is 2.13. The van der Waals surface area contributed by atoms with Gasteiger partial charge in [-0.05, 0) is 15.4 Å². The normalized spacial score (nSPS) is 11.5. The third-order valence-electron chi connectivity index (χ3n) is 1.84. The van der Waals surface area contributed by atoms with E-state index in [9.17, 15) is 10.1 Å². The zero-order chi connectivity index (χ0) is 10.1.